The molecule has 0 radical (unpaired) electrons. The van der Waals surface area contributed by atoms with E-state index in [1.807, 2.05) is 0 Å². The Balaban J connectivity index is 2.88. The molecule has 1 unspecified atom stereocenters. The number of hydrogen-bond acceptors (Lipinski definition) is 1. The van der Waals surface area contributed by atoms with Gasteiger partial charge in [-0.05, 0) is 50.8 Å². The summed E-state index contributed by atoms with van der Waals surface area (Å²) in [6, 6.07) is 4.27. The van der Waals surface area contributed by atoms with E-state index in [1.165, 1.54) is 16.7 Å². The number of hydrogen-bond donors (Lipinski definition) is 0. The Morgan fingerprint density at radius 2 is 1.80 bits per heavy atom. The predicted molar refractivity (Wildman–Crippen MR) is 69.2 cm³/mol. The zero-order valence-corrected chi connectivity index (χ0v) is 11.5. The normalized spacial score (nSPS) is 12.6. The van der Waals surface area contributed by atoms with Gasteiger partial charge < -0.3 is 4.74 Å². The number of benzene rings is 1. The molecular weight excluding hydrogens is 252 g/mol. The molecule has 0 aromatic heterocycles. The molecule has 1 rings (SSSR count). The van der Waals surface area contributed by atoms with Crippen molar-refractivity contribution in [3.05, 3.63) is 28.8 Å². The SMILES string of the molecule is Cc1ccc(C)c(OC(C)CCBr)c1C. The maximum absolute atomic E-state index is 5.97. The maximum atomic E-state index is 5.97. The van der Waals surface area contributed by atoms with Gasteiger partial charge in [0.25, 0.3) is 0 Å². The van der Waals surface area contributed by atoms with Gasteiger partial charge in [-0.25, -0.2) is 0 Å². The van der Waals surface area contributed by atoms with E-state index in [2.05, 4.69) is 55.8 Å². The third kappa shape index (κ3) is 3.23. The molecular formula is C13H19BrO. The molecule has 0 spiro atoms. The Bertz CT molecular complexity index is 334. The molecule has 0 saturated heterocycles. The Morgan fingerprint density at radius 3 is 2.40 bits per heavy atom. The first-order chi connectivity index (χ1) is 7.06. The van der Waals surface area contributed by atoms with Crippen molar-refractivity contribution in [3.8, 4) is 5.75 Å². The molecule has 15 heavy (non-hydrogen) atoms. The minimum atomic E-state index is 0.267. The minimum Gasteiger partial charge on any atom is -0.490 e. The number of rotatable bonds is 4. The van der Waals surface area contributed by atoms with Gasteiger partial charge in [0.2, 0.25) is 0 Å². The van der Waals surface area contributed by atoms with Crippen LogP contribution < -0.4 is 4.74 Å². The lowest BCUT2D eigenvalue weighted by atomic mass is 10.1. The van der Waals surface area contributed by atoms with Crippen LogP contribution >= 0.6 is 15.9 Å². The standard InChI is InChI=1S/C13H19BrO/c1-9-5-6-10(2)13(12(9)4)15-11(3)7-8-14/h5-6,11H,7-8H2,1-4H3. The van der Waals surface area contributed by atoms with E-state index >= 15 is 0 Å². The summed E-state index contributed by atoms with van der Waals surface area (Å²) >= 11 is 3.43. The number of ether oxygens (including phenoxy) is 1. The van der Waals surface area contributed by atoms with Crippen molar-refractivity contribution in [2.24, 2.45) is 0 Å². The van der Waals surface area contributed by atoms with Crippen LogP contribution in [0, 0.1) is 20.8 Å². The van der Waals surface area contributed by atoms with Gasteiger partial charge in [-0.1, -0.05) is 28.1 Å². The molecule has 0 saturated carbocycles. The molecule has 1 atom stereocenters. The molecule has 1 aromatic carbocycles. The fourth-order valence-corrected chi connectivity index (χ4v) is 2.17. The van der Waals surface area contributed by atoms with E-state index < -0.39 is 0 Å². The monoisotopic (exact) mass is 270 g/mol. The summed E-state index contributed by atoms with van der Waals surface area (Å²) in [4.78, 5) is 0. The van der Waals surface area contributed by atoms with Crippen LogP contribution in [0.1, 0.15) is 30.0 Å². The highest BCUT2D eigenvalue weighted by atomic mass is 79.9. The Labute approximate surface area is 101 Å². The summed E-state index contributed by atoms with van der Waals surface area (Å²) in [7, 11) is 0. The third-order valence-corrected chi connectivity index (χ3v) is 3.17. The predicted octanol–water partition coefficient (Wildman–Crippen LogP) is 4.16. The molecule has 0 bridgehead atoms. The van der Waals surface area contributed by atoms with Crippen LogP contribution in [0.2, 0.25) is 0 Å². The van der Waals surface area contributed by atoms with E-state index in [4.69, 9.17) is 4.74 Å². The quantitative estimate of drug-likeness (QED) is 0.747. The summed E-state index contributed by atoms with van der Waals surface area (Å²) < 4.78 is 5.97. The number of alkyl halides is 1. The van der Waals surface area contributed by atoms with Crippen molar-refractivity contribution in [2.75, 3.05) is 5.33 Å². The first kappa shape index (κ1) is 12.6. The van der Waals surface area contributed by atoms with Crippen LogP contribution in [0.4, 0.5) is 0 Å². The summed E-state index contributed by atoms with van der Waals surface area (Å²) in [5, 5.41) is 0.984. The zero-order valence-electron chi connectivity index (χ0n) is 9.93. The van der Waals surface area contributed by atoms with Crippen molar-refractivity contribution in [1.82, 2.24) is 0 Å². The highest BCUT2D eigenvalue weighted by Crippen LogP contribution is 2.27. The average Bonchev–Trinajstić information content (AvgIpc) is 2.19. The van der Waals surface area contributed by atoms with Gasteiger partial charge in [0.1, 0.15) is 5.75 Å². The summed E-state index contributed by atoms with van der Waals surface area (Å²) in [5.41, 5.74) is 3.78. The van der Waals surface area contributed by atoms with Crippen LogP contribution in [0.25, 0.3) is 0 Å². The lowest BCUT2D eigenvalue weighted by Gasteiger charge is -2.18. The smallest absolute Gasteiger partial charge is 0.125 e. The van der Waals surface area contributed by atoms with Gasteiger partial charge >= 0.3 is 0 Å². The Hall–Kier alpha value is -0.500. The lowest BCUT2D eigenvalue weighted by Crippen LogP contribution is -2.13. The third-order valence-electron chi connectivity index (χ3n) is 2.71. The van der Waals surface area contributed by atoms with Gasteiger partial charge in [-0.15, -0.1) is 0 Å². The lowest BCUT2D eigenvalue weighted by molar-refractivity contribution is 0.216. The maximum Gasteiger partial charge on any atom is 0.125 e. The molecule has 0 amide bonds. The van der Waals surface area contributed by atoms with Crippen molar-refractivity contribution in [2.45, 2.75) is 40.2 Å². The van der Waals surface area contributed by atoms with E-state index in [-0.39, 0.29) is 6.10 Å². The average molecular weight is 271 g/mol. The fourth-order valence-electron chi connectivity index (χ4n) is 1.52. The van der Waals surface area contributed by atoms with E-state index in [0.29, 0.717) is 0 Å². The van der Waals surface area contributed by atoms with Crippen LogP contribution in [0.15, 0.2) is 12.1 Å². The van der Waals surface area contributed by atoms with Crippen molar-refractivity contribution >= 4 is 15.9 Å². The Kier molecular flexibility index (Phi) is 4.65. The van der Waals surface area contributed by atoms with E-state index in [1.54, 1.807) is 0 Å². The zero-order chi connectivity index (χ0) is 11.4. The molecule has 1 nitrogen and oxygen atoms in total. The van der Waals surface area contributed by atoms with Crippen LogP contribution in [-0.2, 0) is 0 Å². The second kappa shape index (κ2) is 5.55. The van der Waals surface area contributed by atoms with Crippen molar-refractivity contribution < 1.29 is 4.74 Å². The van der Waals surface area contributed by atoms with E-state index in [9.17, 15) is 0 Å². The molecule has 0 aliphatic carbocycles. The van der Waals surface area contributed by atoms with Gasteiger partial charge in [-0.2, -0.15) is 0 Å². The summed E-state index contributed by atoms with van der Waals surface area (Å²) in [6.45, 7) is 8.46. The number of aryl methyl sites for hydroxylation is 2. The van der Waals surface area contributed by atoms with Crippen LogP contribution in [0.5, 0.6) is 5.75 Å². The Morgan fingerprint density at radius 1 is 1.20 bits per heavy atom. The fraction of sp³-hybridized carbons (Fsp3) is 0.538. The highest BCUT2D eigenvalue weighted by Gasteiger charge is 2.09. The largest absolute Gasteiger partial charge is 0.490 e. The van der Waals surface area contributed by atoms with Crippen molar-refractivity contribution in [3.63, 3.8) is 0 Å². The molecule has 0 N–H and O–H groups in total. The first-order valence-corrected chi connectivity index (χ1v) is 6.47. The number of halogens is 1. The van der Waals surface area contributed by atoms with Crippen LogP contribution in [-0.4, -0.2) is 11.4 Å². The molecule has 0 aliphatic rings. The second-order valence-corrected chi connectivity index (χ2v) is 4.85. The second-order valence-electron chi connectivity index (χ2n) is 4.06. The van der Waals surface area contributed by atoms with E-state index in [0.717, 1.165) is 17.5 Å². The van der Waals surface area contributed by atoms with Crippen molar-refractivity contribution in [1.29, 1.82) is 0 Å². The van der Waals surface area contributed by atoms with Gasteiger partial charge in [0, 0.05) is 5.33 Å². The first-order valence-electron chi connectivity index (χ1n) is 5.35. The summed E-state index contributed by atoms with van der Waals surface area (Å²) in [5.74, 6) is 1.06. The molecule has 0 aliphatic heterocycles. The topological polar surface area (TPSA) is 9.23 Å². The van der Waals surface area contributed by atoms with Gasteiger partial charge in [0.15, 0.2) is 0 Å². The molecule has 1 aromatic rings. The summed E-state index contributed by atoms with van der Waals surface area (Å²) in [6.07, 6.45) is 1.30. The molecule has 84 valence electrons. The molecule has 2 heteroatoms. The highest BCUT2D eigenvalue weighted by molar-refractivity contribution is 9.09. The minimum absolute atomic E-state index is 0.267. The molecule has 0 heterocycles. The van der Waals surface area contributed by atoms with Gasteiger partial charge in [0.05, 0.1) is 6.10 Å². The van der Waals surface area contributed by atoms with Gasteiger partial charge in [-0.3, -0.25) is 0 Å². The van der Waals surface area contributed by atoms with Crippen LogP contribution in [0.3, 0.4) is 0 Å². The molecule has 0 fully saturated rings.